The summed E-state index contributed by atoms with van der Waals surface area (Å²) in [7, 11) is 0.130. The summed E-state index contributed by atoms with van der Waals surface area (Å²) in [6.45, 7) is 0. The molecule has 0 rings (SSSR count). The van der Waals surface area contributed by atoms with Crippen molar-refractivity contribution in [3.63, 3.8) is 0 Å². The van der Waals surface area contributed by atoms with Crippen molar-refractivity contribution in [2.24, 2.45) is 0 Å². The molecule has 0 amide bonds. The van der Waals surface area contributed by atoms with Crippen molar-refractivity contribution < 1.29 is 29.3 Å². The first-order valence-corrected chi connectivity index (χ1v) is 3.52. The van der Waals surface area contributed by atoms with Gasteiger partial charge in [-0.3, -0.25) is 0 Å². The zero-order valence-electron chi connectivity index (χ0n) is 2.25. The Morgan fingerprint density at radius 2 is 1.40 bits per heavy atom. The second-order valence-corrected chi connectivity index (χ2v) is 2.35. The molecule has 0 aliphatic rings. The molecule has 1 atom stereocenters. The molecule has 0 aromatic carbocycles. The Bertz CT molecular complexity index is 12.4. The zero-order valence-corrected chi connectivity index (χ0v) is 5.94. The summed E-state index contributed by atoms with van der Waals surface area (Å²) in [5, 5.41) is 0. The van der Waals surface area contributed by atoms with Crippen LogP contribution < -0.4 is 0 Å². The molecule has 5 heavy (non-hydrogen) atoms. The smallest absolute Gasteiger partial charge is 0.183 e. The van der Waals surface area contributed by atoms with E-state index in [0.717, 1.165) is 0 Å². The van der Waals surface area contributed by atoms with Gasteiger partial charge in [0.2, 0.25) is 0 Å². The minimum absolute atomic E-state index is 0. The van der Waals surface area contributed by atoms with Gasteiger partial charge in [0.1, 0.15) is 0 Å². The van der Waals surface area contributed by atoms with Crippen LogP contribution >= 0.6 is 17.0 Å². The molecule has 0 aliphatic heterocycles. The summed E-state index contributed by atoms with van der Waals surface area (Å²) in [5.41, 5.74) is 0. The van der Waals surface area contributed by atoms with E-state index in [1.807, 2.05) is 8.93 Å². The maximum absolute atomic E-state index is 7.64. The second kappa shape index (κ2) is 5.40. The summed E-state index contributed by atoms with van der Waals surface area (Å²) in [6, 6.07) is 0. The Kier molecular flexibility index (Phi) is 10.4. The predicted molar refractivity (Wildman–Crippen MR) is 21.1 cm³/mol. The number of rotatable bonds is 0. The van der Waals surface area contributed by atoms with Gasteiger partial charge in [-0.15, -0.1) is 0 Å². The van der Waals surface area contributed by atoms with Crippen LogP contribution in [-0.4, -0.2) is 9.79 Å². The van der Waals surface area contributed by atoms with E-state index in [1.165, 1.54) is 0 Å². The van der Waals surface area contributed by atoms with E-state index in [1.54, 1.807) is 0 Å². The van der Waals surface area contributed by atoms with Gasteiger partial charge in [0, 0.05) is 19.5 Å². The molecule has 0 spiro atoms. The van der Waals surface area contributed by atoms with E-state index in [9.17, 15) is 0 Å². The van der Waals surface area contributed by atoms with Gasteiger partial charge in [-0.2, -0.15) is 0 Å². The second-order valence-electron chi connectivity index (χ2n) is 0.320. The van der Waals surface area contributed by atoms with E-state index >= 15 is 0 Å². The summed E-state index contributed by atoms with van der Waals surface area (Å²) in [6.07, 6.45) is 0. The molecule has 0 aromatic rings. The fourth-order valence-electron chi connectivity index (χ4n) is 0. The van der Waals surface area contributed by atoms with Crippen molar-refractivity contribution in [2.75, 3.05) is 0 Å². The summed E-state index contributed by atoms with van der Waals surface area (Å²) in [4.78, 5) is 15.3. The van der Waals surface area contributed by atoms with E-state index in [0.29, 0.717) is 0 Å². The van der Waals surface area contributed by atoms with Gasteiger partial charge in [-0.25, -0.2) is 0 Å². The fraction of sp³-hybridized carbons (Fsp3) is 0. The maximum atomic E-state index is 7.64. The van der Waals surface area contributed by atoms with Crippen LogP contribution in [0.5, 0.6) is 0 Å². The average molecular weight is 201 g/mol. The third-order valence-electron chi connectivity index (χ3n) is 0. The molecule has 0 saturated carbocycles. The van der Waals surface area contributed by atoms with Crippen molar-refractivity contribution in [1.82, 2.24) is 0 Å². The van der Waals surface area contributed by atoms with Crippen LogP contribution in [0.15, 0.2) is 0 Å². The van der Waals surface area contributed by atoms with E-state index in [-0.39, 0.29) is 19.5 Å². The van der Waals surface area contributed by atoms with E-state index in [4.69, 9.17) is 9.79 Å². The molecular weight excluding hydrogens is 197 g/mol. The molecule has 0 bridgehead atoms. The third-order valence-corrected chi connectivity index (χ3v) is 0. The molecule has 2 N–H and O–H groups in total. The molecule has 5 heteroatoms. The van der Waals surface area contributed by atoms with Crippen LogP contribution in [0.4, 0.5) is 0 Å². The van der Waals surface area contributed by atoms with Crippen LogP contribution in [0.3, 0.4) is 0 Å². The summed E-state index contributed by atoms with van der Waals surface area (Å²) < 4.78 is 0. The predicted octanol–water partition coefficient (Wildman–Crippen LogP) is 0.0705. The number of hydrogen-bond acceptors (Lipinski definition) is 2. The fourth-order valence-corrected chi connectivity index (χ4v) is 0. The maximum Gasteiger partial charge on any atom is 0.183 e. The van der Waals surface area contributed by atoms with Crippen LogP contribution in [-0.2, 0) is 19.5 Å². The van der Waals surface area contributed by atoms with Gasteiger partial charge < -0.3 is 9.79 Å². The van der Waals surface area contributed by atoms with Crippen LogP contribution in [0, 0.1) is 0 Å². The Hall–Kier alpha value is 1.40. The van der Waals surface area contributed by atoms with Gasteiger partial charge in [-0.05, 0) is 0 Å². The third kappa shape index (κ3) is 31.8. The van der Waals surface area contributed by atoms with Crippen LogP contribution in [0.2, 0.25) is 0 Å². The first kappa shape index (κ1) is 9.64. The molecule has 0 aromatic heterocycles. The molecule has 0 aliphatic carbocycles. The largest absolute Gasteiger partial charge is 0.347 e. The van der Waals surface area contributed by atoms with Crippen molar-refractivity contribution in [2.45, 2.75) is 0 Å². The van der Waals surface area contributed by atoms with E-state index in [2.05, 4.69) is 0 Å². The SMILES string of the molecule is OP(O)P.[Rh]. The summed E-state index contributed by atoms with van der Waals surface area (Å²) >= 11 is 0. The molecule has 0 saturated heterocycles. The average Bonchev–Trinajstić information content (AvgIpc) is 0.811. The zero-order chi connectivity index (χ0) is 3.58. The summed E-state index contributed by atoms with van der Waals surface area (Å²) in [5.74, 6) is 0. The van der Waals surface area contributed by atoms with Gasteiger partial charge in [0.25, 0.3) is 0 Å². The quantitative estimate of drug-likeness (QED) is 0.430. The van der Waals surface area contributed by atoms with Crippen molar-refractivity contribution in [3.8, 4) is 0 Å². The van der Waals surface area contributed by atoms with Crippen molar-refractivity contribution in [1.29, 1.82) is 0 Å². The van der Waals surface area contributed by atoms with Gasteiger partial charge in [-0.1, -0.05) is 8.93 Å². The van der Waals surface area contributed by atoms with Crippen LogP contribution in [0.25, 0.3) is 0 Å². The Balaban J connectivity index is 0. The standard InChI is InChI=1S/H4O2P2.Rh/c1-4(2)3;/h1-2H,3H2;. The first-order chi connectivity index (χ1) is 1.73. The van der Waals surface area contributed by atoms with Crippen molar-refractivity contribution >= 4 is 17.0 Å². The number of hydrogen-bond donors (Lipinski definition) is 2. The van der Waals surface area contributed by atoms with Gasteiger partial charge in [0.05, 0.1) is 0 Å². The molecule has 0 heterocycles. The molecule has 1 radical (unpaired) electrons. The first-order valence-electron chi connectivity index (χ1n) is 0.658. The van der Waals surface area contributed by atoms with Crippen molar-refractivity contribution in [3.05, 3.63) is 0 Å². The minimum Gasteiger partial charge on any atom is -0.347 e. The Morgan fingerprint density at radius 3 is 1.40 bits per heavy atom. The minimum atomic E-state index is -1.70. The monoisotopic (exact) mass is 201 g/mol. The Labute approximate surface area is 46.7 Å². The molecule has 35 valence electrons. The van der Waals surface area contributed by atoms with Gasteiger partial charge in [0.15, 0.2) is 8.06 Å². The van der Waals surface area contributed by atoms with Crippen LogP contribution in [0.1, 0.15) is 0 Å². The topological polar surface area (TPSA) is 40.5 Å². The Morgan fingerprint density at radius 1 is 1.40 bits per heavy atom. The van der Waals surface area contributed by atoms with E-state index < -0.39 is 8.06 Å². The van der Waals surface area contributed by atoms with Gasteiger partial charge >= 0.3 is 0 Å². The molecule has 0 fully saturated rings. The molecule has 1 unspecified atom stereocenters. The normalized spacial score (nSPS) is 7.20. The molecule has 2 nitrogen and oxygen atoms in total. The molecular formula is H4O2P2Rh.